The van der Waals surface area contributed by atoms with Crippen LogP contribution in [0, 0.1) is 0 Å². The molecule has 94 valence electrons. The van der Waals surface area contributed by atoms with Crippen molar-refractivity contribution in [1.29, 1.82) is 0 Å². The molecule has 1 fully saturated rings. The highest BCUT2D eigenvalue weighted by Crippen LogP contribution is 2.25. The molecule has 1 N–H and O–H groups in total. The van der Waals surface area contributed by atoms with E-state index in [1.807, 2.05) is 12.1 Å². The zero-order chi connectivity index (χ0) is 12.3. The number of halogens is 2. The molecular formula is C13H17Cl2NO. The molecule has 2 atom stereocenters. The molecule has 0 spiro atoms. The summed E-state index contributed by atoms with van der Waals surface area (Å²) in [5.41, 5.74) is 1.03. The lowest BCUT2D eigenvalue weighted by Gasteiger charge is -2.20. The Morgan fingerprint density at radius 1 is 1.47 bits per heavy atom. The summed E-state index contributed by atoms with van der Waals surface area (Å²) in [6.45, 7) is 3.75. The van der Waals surface area contributed by atoms with Gasteiger partial charge in [-0.3, -0.25) is 0 Å². The fourth-order valence-electron chi connectivity index (χ4n) is 2.08. The van der Waals surface area contributed by atoms with Crippen molar-refractivity contribution in [3.05, 3.63) is 33.8 Å². The van der Waals surface area contributed by atoms with Crippen molar-refractivity contribution in [2.45, 2.75) is 38.5 Å². The molecule has 1 saturated heterocycles. The summed E-state index contributed by atoms with van der Waals surface area (Å²) < 4.78 is 5.64. The fourth-order valence-corrected chi connectivity index (χ4v) is 2.47. The quantitative estimate of drug-likeness (QED) is 0.904. The summed E-state index contributed by atoms with van der Waals surface area (Å²) >= 11 is 12.1. The minimum Gasteiger partial charge on any atom is -0.377 e. The van der Waals surface area contributed by atoms with E-state index in [1.54, 1.807) is 6.07 Å². The second kappa shape index (κ2) is 6.05. The van der Waals surface area contributed by atoms with Gasteiger partial charge in [0.1, 0.15) is 0 Å². The van der Waals surface area contributed by atoms with Crippen molar-refractivity contribution in [2.24, 2.45) is 0 Å². The average molecular weight is 274 g/mol. The molecule has 0 radical (unpaired) electrons. The van der Waals surface area contributed by atoms with Gasteiger partial charge in [-0.25, -0.2) is 0 Å². The third-order valence-electron chi connectivity index (χ3n) is 3.17. The summed E-state index contributed by atoms with van der Waals surface area (Å²) in [6.07, 6.45) is 2.62. The van der Waals surface area contributed by atoms with E-state index >= 15 is 0 Å². The standard InChI is InChI=1S/C13H17Cl2NO/c1-9(12-6-3-7-17-12)16-8-10-4-2-5-11(14)13(10)15/h2,4-5,9,12,16H,3,6-8H2,1H3. The summed E-state index contributed by atoms with van der Waals surface area (Å²) in [6, 6.07) is 6.05. The smallest absolute Gasteiger partial charge is 0.0726 e. The third kappa shape index (κ3) is 3.35. The lowest BCUT2D eigenvalue weighted by molar-refractivity contribution is 0.0832. The lowest BCUT2D eigenvalue weighted by Crippen LogP contribution is -2.36. The van der Waals surface area contributed by atoms with Crippen molar-refractivity contribution in [1.82, 2.24) is 5.32 Å². The van der Waals surface area contributed by atoms with E-state index in [2.05, 4.69) is 12.2 Å². The van der Waals surface area contributed by atoms with E-state index in [0.29, 0.717) is 22.2 Å². The van der Waals surface area contributed by atoms with E-state index in [4.69, 9.17) is 27.9 Å². The number of ether oxygens (including phenoxy) is 1. The van der Waals surface area contributed by atoms with Gasteiger partial charge in [0.2, 0.25) is 0 Å². The number of benzene rings is 1. The molecule has 2 unspecified atom stereocenters. The Bertz CT molecular complexity index is 378. The number of rotatable bonds is 4. The highest BCUT2D eigenvalue weighted by Gasteiger charge is 2.21. The maximum atomic E-state index is 6.13. The summed E-state index contributed by atoms with van der Waals surface area (Å²) in [5, 5.41) is 4.69. The normalized spacial score (nSPS) is 21.7. The van der Waals surface area contributed by atoms with E-state index in [9.17, 15) is 0 Å². The first kappa shape index (κ1) is 13.2. The first-order chi connectivity index (χ1) is 8.18. The number of hydrogen-bond acceptors (Lipinski definition) is 2. The first-order valence-corrected chi connectivity index (χ1v) is 6.72. The largest absolute Gasteiger partial charge is 0.377 e. The maximum Gasteiger partial charge on any atom is 0.0726 e. The molecule has 17 heavy (non-hydrogen) atoms. The van der Waals surface area contributed by atoms with Gasteiger partial charge in [-0.15, -0.1) is 0 Å². The zero-order valence-corrected chi connectivity index (χ0v) is 11.4. The molecule has 2 rings (SSSR count). The van der Waals surface area contributed by atoms with E-state index < -0.39 is 0 Å². The van der Waals surface area contributed by atoms with Crippen LogP contribution in [0.2, 0.25) is 10.0 Å². The zero-order valence-electron chi connectivity index (χ0n) is 9.88. The Hall–Kier alpha value is -0.280. The molecule has 1 aliphatic rings. The van der Waals surface area contributed by atoms with Gasteiger partial charge in [0, 0.05) is 19.2 Å². The van der Waals surface area contributed by atoms with E-state index in [1.165, 1.54) is 0 Å². The van der Waals surface area contributed by atoms with Gasteiger partial charge in [0.05, 0.1) is 16.1 Å². The fraction of sp³-hybridized carbons (Fsp3) is 0.538. The Kier molecular flexibility index (Phi) is 4.69. The molecule has 4 heteroatoms. The SMILES string of the molecule is CC(NCc1cccc(Cl)c1Cl)C1CCCO1. The topological polar surface area (TPSA) is 21.3 Å². The van der Waals surface area contributed by atoms with Crippen molar-refractivity contribution >= 4 is 23.2 Å². The monoisotopic (exact) mass is 273 g/mol. The molecule has 1 aromatic carbocycles. The van der Waals surface area contributed by atoms with Crippen LogP contribution in [0.25, 0.3) is 0 Å². The first-order valence-electron chi connectivity index (χ1n) is 5.96. The molecule has 1 heterocycles. The minimum absolute atomic E-state index is 0.327. The van der Waals surface area contributed by atoms with Gasteiger partial charge in [-0.1, -0.05) is 35.3 Å². The highest BCUT2D eigenvalue weighted by atomic mass is 35.5. The Morgan fingerprint density at radius 3 is 3.00 bits per heavy atom. The van der Waals surface area contributed by atoms with Gasteiger partial charge < -0.3 is 10.1 Å². The molecule has 0 aromatic heterocycles. The van der Waals surface area contributed by atoms with Crippen molar-refractivity contribution in [3.8, 4) is 0 Å². The van der Waals surface area contributed by atoms with Gasteiger partial charge in [-0.05, 0) is 31.4 Å². The second-order valence-electron chi connectivity index (χ2n) is 4.43. The Morgan fingerprint density at radius 2 is 2.29 bits per heavy atom. The second-order valence-corrected chi connectivity index (χ2v) is 5.22. The van der Waals surface area contributed by atoms with Crippen LogP contribution in [-0.2, 0) is 11.3 Å². The third-order valence-corrected chi connectivity index (χ3v) is 4.03. The van der Waals surface area contributed by atoms with Crippen molar-refractivity contribution in [2.75, 3.05) is 6.61 Å². The predicted octanol–water partition coefficient (Wildman–Crippen LogP) is 3.65. The molecule has 0 aliphatic carbocycles. The van der Waals surface area contributed by atoms with Crippen LogP contribution in [0.3, 0.4) is 0 Å². The van der Waals surface area contributed by atoms with Gasteiger partial charge in [-0.2, -0.15) is 0 Å². The van der Waals surface area contributed by atoms with Gasteiger partial charge in [0.25, 0.3) is 0 Å². The number of hydrogen-bond donors (Lipinski definition) is 1. The summed E-state index contributed by atoms with van der Waals surface area (Å²) in [5.74, 6) is 0. The van der Waals surface area contributed by atoms with Gasteiger partial charge >= 0.3 is 0 Å². The molecular weight excluding hydrogens is 257 g/mol. The van der Waals surface area contributed by atoms with Crippen molar-refractivity contribution < 1.29 is 4.74 Å². The average Bonchev–Trinajstić information content (AvgIpc) is 2.84. The molecule has 1 aromatic rings. The van der Waals surface area contributed by atoms with Crippen LogP contribution in [0.4, 0.5) is 0 Å². The van der Waals surface area contributed by atoms with Crippen LogP contribution in [0.15, 0.2) is 18.2 Å². The van der Waals surface area contributed by atoms with Crippen LogP contribution in [0.5, 0.6) is 0 Å². The molecule has 2 nitrogen and oxygen atoms in total. The van der Waals surface area contributed by atoms with Gasteiger partial charge in [0.15, 0.2) is 0 Å². The minimum atomic E-state index is 0.327. The highest BCUT2D eigenvalue weighted by molar-refractivity contribution is 6.42. The summed E-state index contributed by atoms with van der Waals surface area (Å²) in [7, 11) is 0. The summed E-state index contributed by atoms with van der Waals surface area (Å²) in [4.78, 5) is 0. The van der Waals surface area contributed by atoms with Crippen molar-refractivity contribution in [3.63, 3.8) is 0 Å². The van der Waals surface area contributed by atoms with Crippen LogP contribution in [0.1, 0.15) is 25.3 Å². The van der Waals surface area contributed by atoms with Crippen LogP contribution < -0.4 is 5.32 Å². The van der Waals surface area contributed by atoms with E-state index in [-0.39, 0.29) is 0 Å². The number of nitrogens with one attached hydrogen (secondary N) is 1. The van der Waals surface area contributed by atoms with Crippen LogP contribution in [-0.4, -0.2) is 18.8 Å². The molecule has 0 bridgehead atoms. The van der Waals surface area contributed by atoms with E-state index in [0.717, 1.165) is 31.6 Å². The Balaban J connectivity index is 1.90. The lowest BCUT2D eigenvalue weighted by atomic mass is 10.1. The maximum absolute atomic E-state index is 6.13. The molecule has 1 aliphatic heterocycles. The predicted molar refractivity (Wildman–Crippen MR) is 71.7 cm³/mol. The van der Waals surface area contributed by atoms with Crippen LogP contribution >= 0.6 is 23.2 Å². The molecule has 0 amide bonds. The Labute approximate surface area is 112 Å². The molecule has 0 saturated carbocycles.